The highest BCUT2D eigenvalue weighted by molar-refractivity contribution is 9.11. The van der Waals surface area contributed by atoms with Gasteiger partial charge in [-0.1, -0.05) is 22.5 Å². The maximum Gasteiger partial charge on any atom is 0.271 e. The first-order valence-corrected chi connectivity index (χ1v) is 6.45. The molecule has 17 heavy (non-hydrogen) atoms. The van der Waals surface area contributed by atoms with Crippen molar-refractivity contribution >= 4 is 33.2 Å². The van der Waals surface area contributed by atoms with Crippen LogP contribution < -0.4 is 5.32 Å². The molecule has 0 atom stereocenters. The van der Waals surface area contributed by atoms with Crippen LogP contribution in [0.4, 0.5) is 0 Å². The van der Waals surface area contributed by atoms with E-state index in [9.17, 15) is 4.79 Å². The zero-order chi connectivity index (χ0) is 12.3. The Hall–Kier alpha value is -1.40. The molecule has 0 bridgehead atoms. The van der Waals surface area contributed by atoms with Gasteiger partial charge in [0.25, 0.3) is 5.91 Å². The van der Waals surface area contributed by atoms with E-state index in [0.29, 0.717) is 27.5 Å². The second-order valence-electron chi connectivity index (χ2n) is 3.22. The summed E-state index contributed by atoms with van der Waals surface area (Å²) in [5.74, 6) is 0.443. The molecule has 2 aromatic heterocycles. The van der Waals surface area contributed by atoms with Crippen LogP contribution in [0, 0.1) is 0 Å². The van der Waals surface area contributed by atoms with Crippen molar-refractivity contribution in [3.05, 3.63) is 40.5 Å². The Morgan fingerprint density at radius 2 is 2.47 bits per heavy atom. The quantitative estimate of drug-likeness (QED) is 0.944. The Labute approximate surface area is 110 Å². The van der Waals surface area contributed by atoms with Gasteiger partial charge in [-0.25, -0.2) is 4.98 Å². The summed E-state index contributed by atoms with van der Waals surface area (Å²) in [5, 5.41) is 5.08. The lowest BCUT2D eigenvalue weighted by molar-refractivity contribution is 0.0953. The lowest BCUT2D eigenvalue weighted by atomic mass is 10.4. The summed E-state index contributed by atoms with van der Waals surface area (Å²) in [6, 6.07) is 3.59. The van der Waals surface area contributed by atoms with Crippen molar-refractivity contribution in [2.45, 2.75) is 0 Å². The smallest absolute Gasteiger partial charge is 0.271 e. The van der Waals surface area contributed by atoms with Crippen molar-refractivity contribution in [3.8, 4) is 10.8 Å². The summed E-state index contributed by atoms with van der Waals surface area (Å²) in [6.07, 6.45) is 1.57. The summed E-state index contributed by atoms with van der Waals surface area (Å²) in [6.45, 7) is 4.02. The molecular formula is C11H9BrN2O2S. The average molecular weight is 313 g/mol. The minimum atomic E-state index is -0.223. The molecule has 6 heteroatoms. The summed E-state index contributed by atoms with van der Waals surface area (Å²) in [4.78, 5) is 15.9. The molecule has 0 aromatic carbocycles. The van der Waals surface area contributed by atoms with Crippen molar-refractivity contribution in [3.63, 3.8) is 0 Å². The van der Waals surface area contributed by atoms with Crippen LogP contribution in [0.3, 0.4) is 0 Å². The Balaban J connectivity index is 2.08. The van der Waals surface area contributed by atoms with E-state index < -0.39 is 0 Å². The van der Waals surface area contributed by atoms with E-state index in [1.54, 1.807) is 23.8 Å². The van der Waals surface area contributed by atoms with E-state index in [1.807, 2.05) is 0 Å². The standard InChI is InChI=1S/C11H9BrN2O2S/c1-7(12)5-13-10(15)8-6-17-11(14-8)9-3-2-4-16-9/h2-4,6H,1,5H2,(H,13,15). The minimum absolute atomic E-state index is 0.223. The van der Waals surface area contributed by atoms with Gasteiger partial charge in [0.2, 0.25) is 0 Å². The molecular weight excluding hydrogens is 304 g/mol. The number of nitrogens with one attached hydrogen (secondary N) is 1. The third kappa shape index (κ3) is 3.04. The largest absolute Gasteiger partial charge is 0.462 e. The molecule has 0 fully saturated rings. The van der Waals surface area contributed by atoms with Gasteiger partial charge < -0.3 is 9.73 Å². The number of hydrogen-bond acceptors (Lipinski definition) is 4. The lowest BCUT2D eigenvalue weighted by Crippen LogP contribution is -2.24. The Bertz CT molecular complexity index is 533. The van der Waals surface area contributed by atoms with Gasteiger partial charge in [0.1, 0.15) is 5.69 Å². The van der Waals surface area contributed by atoms with Crippen molar-refractivity contribution in [2.24, 2.45) is 0 Å². The number of nitrogens with zero attached hydrogens (tertiary/aromatic N) is 1. The molecule has 88 valence electrons. The Kier molecular flexibility index (Phi) is 3.75. The van der Waals surface area contributed by atoms with E-state index in [-0.39, 0.29) is 5.91 Å². The second-order valence-corrected chi connectivity index (χ2v) is 5.19. The molecule has 1 amide bonds. The molecule has 0 spiro atoms. The Morgan fingerprint density at radius 3 is 3.12 bits per heavy atom. The monoisotopic (exact) mass is 312 g/mol. The number of rotatable bonds is 4. The van der Waals surface area contributed by atoms with Gasteiger partial charge in [0.15, 0.2) is 10.8 Å². The fraction of sp³-hybridized carbons (Fsp3) is 0.0909. The maximum absolute atomic E-state index is 11.7. The van der Waals surface area contributed by atoms with Gasteiger partial charge >= 0.3 is 0 Å². The molecule has 0 aliphatic carbocycles. The fourth-order valence-electron chi connectivity index (χ4n) is 1.16. The van der Waals surface area contributed by atoms with Gasteiger partial charge in [-0.05, 0) is 12.1 Å². The molecule has 2 aromatic rings. The van der Waals surface area contributed by atoms with Gasteiger partial charge in [-0.2, -0.15) is 0 Å². The van der Waals surface area contributed by atoms with Crippen molar-refractivity contribution in [1.82, 2.24) is 10.3 Å². The van der Waals surface area contributed by atoms with Crippen molar-refractivity contribution in [1.29, 1.82) is 0 Å². The topological polar surface area (TPSA) is 55.1 Å². The number of carbonyl (C=O) groups excluding carboxylic acids is 1. The summed E-state index contributed by atoms with van der Waals surface area (Å²) in [5.41, 5.74) is 0.384. The highest BCUT2D eigenvalue weighted by atomic mass is 79.9. The molecule has 0 aliphatic rings. The van der Waals surface area contributed by atoms with E-state index in [4.69, 9.17) is 4.42 Å². The first-order valence-electron chi connectivity index (χ1n) is 4.77. The van der Waals surface area contributed by atoms with Gasteiger partial charge in [-0.15, -0.1) is 11.3 Å². The zero-order valence-electron chi connectivity index (χ0n) is 8.77. The molecule has 2 heterocycles. The van der Waals surface area contributed by atoms with Gasteiger partial charge in [-0.3, -0.25) is 4.79 Å². The number of carbonyl (C=O) groups is 1. The number of amides is 1. The third-order valence-corrected chi connectivity index (χ3v) is 3.05. The number of halogens is 1. The van der Waals surface area contributed by atoms with Crippen LogP contribution >= 0.6 is 27.3 Å². The zero-order valence-corrected chi connectivity index (χ0v) is 11.2. The first kappa shape index (κ1) is 12.1. The second kappa shape index (κ2) is 5.29. The van der Waals surface area contributed by atoms with E-state index in [1.165, 1.54) is 11.3 Å². The van der Waals surface area contributed by atoms with Crippen LogP contribution in [0.1, 0.15) is 10.5 Å². The molecule has 0 unspecified atom stereocenters. The summed E-state index contributed by atoms with van der Waals surface area (Å²) >= 11 is 4.54. The lowest BCUT2D eigenvalue weighted by Gasteiger charge is -1.99. The normalized spacial score (nSPS) is 10.2. The third-order valence-electron chi connectivity index (χ3n) is 1.91. The van der Waals surface area contributed by atoms with Crippen molar-refractivity contribution in [2.75, 3.05) is 6.54 Å². The SMILES string of the molecule is C=C(Br)CNC(=O)c1csc(-c2ccco2)n1. The average Bonchev–Trinajstić information content (AvgIpc) is 2.94. The van der Waals surface area contributed by atoms with Crippen LogP contribution in [0.25, 0.3) is 10.8 Å². The number of hydrogen-bond donors (Lipinski definition) is 1. The molecule has 1 N–H and O–H groups in total. The molecule has 0 saturated heterocycles. The number of aromatic nitrogens is 1. The van der Waals surface area contributed by atoms with E-state index in [2.05, 4.69) is 32.8 Å². The van der Waals surface area contributed by atoms with Crippen LogP contribution in [-0.2, 0) is 0 Å². The van der Waals surface area contributed by atoms with E-state index >= 15 is 0 Å². The highest BCUT2D eigenvalue weighted by Gasteiger charge is 2.12. The minimum Gasteiger partial charge on any atom is -0.462 e. The predicted molar refractivity (Wildman–Crippen MR) is 70.2 cm³/mol. The first-order chi connectivity index (χ1) is 8.16. The van der Waals surface area contributed by atoms with Gasteiger partial charge in [0.05, 0.1) is 6.26 Å². The van der Waals surface area contributed by atoms with Crippen LogP contribution in [-0.4, -0.2) is 17.4 Å². The highest BCUT2D eigenvalue weighted by Crippen LogP contribution is 2.23. The Morgan fingerprint density at radius 1 is 1.65 bits per heavy atom. The van der Waals surface area contributed by atoms with Crippen LogP contribution in [0.15, 0.2) is 39.3 Å². The molecule has 0 radical (unpaired) electrons. The summed E-state index contributed by atoms with van der Waals surface area (Å²) < 4.78 is 5.92. The predicted octanol–water partition coefficient (Wildman–Crippen LogP) is 3.04. The van der Waals surface area contributed by atoms with Crippen LogP contribution in [0.5, 0.6) is 0 Å². The number of furan rings is 1. The molecule has 0 aliphatic heterocycles. The number of thiazole rings is 1. The summed E-state index contributed by atoms with van der Waals surface area (Å²) in [7, 11) is 0. The molecule has 4 nitrogen and oxygen atoms in total. The molecule has 0 saturated carbocycles. The van der Waals surface area contributed by atoms with Gasteiger partial charge in [0, 0.05) is 16.4 Å². The fourth-order valence-corrected chi connectivity index (χ4v) is 2.06. The van der Waals surface area contributed by atoms with Crippen molar-refractivity contribution < 1.29 is 9.21 Å². The van der Waals surface area contributed by atoms with E-state index in [0.717, 1.165) is 0 Å². The molecule has 2 rings (SSSR count). The van der Waals surface area contributed by atoms with Crippen LogP contribution in [0.2, 0.25) is 0 Å². The maximum atomic E-state index is 11.7.